The van der Waals surface area contributed by atoms with Gasteiger partial charge in [0.15, 0.2) is 5.58 Å². The first kappa shape index (κ1) is 11.4. The number of nitrogens with zero attached hydrogens (tertiary/aromatic N) is 1. The molecule has 3 aromatic rings. The van der Waals surface area contributed by atoms with E-state index in [2.05, 4.69) is 10.4 Å². The number of hydrogen-bond donors (Lipinski definition) is 2. The summed E-state index contributed by atoms with van der Waals surface area (Å²) >= 11 is 0. The number of oxazole rings is 1. The molecular weight excluding hydrogens is 242 g/mol. The van der Waals surface area contributed by atoms with E-state index in [1.54, 1.807) is 24.3 Å². The molecule has 0 aliphatic heterocycles. The molecule has 0 saturated heterocycles. The summed E-state index contributed by atoms with van der Waals surface area (Å²) in [6, 6.07) is 14.4. The third-order valence-corrected chi connectivity index (χ3v) is 2.82. The number of carbonyl (C=O) groups excluding carboxylic acids is 1. The van der Waals surface area contributed by atoms with Crippen LogP contribution in [0.2, 0.25) is 0 Å². The van der Waals surface area contributed by atoms with Gasteiger partial charge in [-0.05, 0) is 36.4 Å². The molecule has 1 aromatic heterocycles. The van der Waals surface area contributed by atoms with Crippen molar-refractivity contribution in [2.75, 3.05) is 0 Å². The molecule has 0 saturated carbocycles. The van der Waals surface area contributed by atoms with E-state index in [0.29, 0.717) is 11.5 Å². The van der Waals surface area contributed by atoms with Crippen LogP contribution in [0.3, 0.4) is 0 Å². The summed E-state index contributed by atoms with van der Waals surface area (Å²) in [5, 5.41) is 0. The van der Waals surface area contributed by atoms with Crippen LogP contribution in [0.1, 0.15) is 10.4 Å². The largest absolute Gasteiger partial charge is 0.436 e. The van der Waals surface area contributed by atoms with Gasteiger partial charge in [0, 0.05) is 11.1 Å². The predicted molar refractivity (Wildman–Crippen MR) is 71.1 cm³/mol. The van der Waals surface area contributed by atoms with Gasteiger partial charge in [0.2, 0.25) is 5.89 Å². The van der Waals surface area contributed by atoms with Crippen LogP contribution in [0.15, 0.2) is 52.9 Å². The summed E-state index contributed by atoms with van der Waals surface area (Å²) in [6.45, 7) is 0. The van der Waals surface area contributed by atoms with Crippen LogP contribution in [0.5, 0.6) is 0 Å². The maximum absolute atomic E-state index is 11.3. The molecule has 0 fully saturated rings. The molecule has 5 nitrogen and oxygen atoms in total. The molecule has 0 radical (unpaired) electrons. The Bertz CT molecular complexity index is 699. The van der Waals surface area contributed by atoms with Crippen molar-refractivity contribution in [3.05, 3.63) is 54.1 Å². The van der Waals surface area contributed by atoms with Crippen molar-refractivity contribution in [3.63, 3.8) is 0 Å². The molecule has 19 heavy (non-hydrogen) atoms. The number of benzene rings is 2. The first-order valence-corrected chi connectivity index (χ1v) is 5.75. The average molecular weight is 253 g/mol. The number of hydrogen-bond acceptors (Lipinski definition) is 4. The van der Waals surface area contributed by atoms with Crippen molar-refractivity contribution in [3.8, 4) is 11.5 Å². The minimum atomic E-state index is -0.330. The van der Waals surface area contributed by atoms with Gasteiger partial charge in [0.1, 0.15) is 5.52 Å². The number of fused-ring (bicyclic) bond motifs is 1. The summed E-state index contributed by atoms with van der Waals surface area (Å²) in [7, 11) is 0. The Hall–Kier alpha value is -2.66. The maximum Gasteiger partial charge on any atom is 0.265 e. The zero-order valence-electron chi connectivity index (χ0n) is 9.96. The van der Waals surface area contributed by atoms with Crippen LogP contribution in [0.4, 0.5) is 0 Å². The van der Waals surface area contributed by atoms with Crippen LogP contribution in [0.25, 0.3) is 22.6 Å². The van der Waals surface area contributed by atoms with Crippen molar-refractivity contribution < 1.29 is 9.21 Å². The number of hydrazine groups is 1. The van der Waals surface area contributed by atoms with Gasteiger partial charge in [-0.25, -0.2) is 10.8 Å². The summed E-state index contributed by atoms with van der Waals surface area (Å²) in [5.74, 6) is 5.27. The van der Waals surface area contributed by atoms with Crippen LogP contribution in [-0.2, 0) is 0 Å². The SMILES string of the molecule is NNC(=O)c1ccc(-c2nc3ccccc3o2)cc1. The lowest BCUT2D eigenvalue weighted by molar-refractivity contribution is 0.0953. The Morgan fingerprint density at radius 3 is 2.53 bits per heavy atom. The Morgan fingerprint density at radius 2 is 1.84 bits per heavy atom. The van der Waals surface area contributed by atoms with Crippen molar-refractivity contribution in [1.82, 2.24) is 10.4 Å². The molecule has 0 atom stereocenters. The summed E-state index contributed by atoms with van der Waals surface area (Å²) < 4.78 is 5.64. The average Bonchev–Trinajstić information content (AvgIpc) is 2.90. The molecule has 94 valence electrons. The van der Waals surface area contributed by atoms with Gasteiger partial charge in [-0.3, -0.25) is 10.2 Å². The van der Waals surface area contributed by atoms with Gasteiger partial charge >= 0.3 is 0 Å². The second-order valence-corrected chi connectivity index (χ2v) is 4.04. The third-order valence-electron chi connectivity index (χ3n) is 2.82. The molecule has 0 aliphatic carbocycles. The Balaban J connectivity index is 1.99. The zero-order valence-corrected chi connectivity index (χ0v) is 9.96. The molecular formula is C14H11N3O2. The minimum absolute atomic E-state index is 0.330. The lowest BCUT2D eigenvalue weighted by Gasteiger charge is -2.00. The van der Waals surface area contributed by atoms with E-state index in [4.69, 9.17) is 10.3 Å². The van der Waals surface area contributed by atoms with Gasteiger partial charge in [-0.15, -0.1) is 0 Å². The van der Waals surface area contributed by atoms with E-state index >= 15 is 0 Å². The molecule has 2 aromatic carbocycles. The van der Waals surface area contributed by atoms with Gasteiger partial charge in [0.05, 0.1) is 0 Å². The van der Waals surface area contributed by atoms with Crippen molar-refractivity contribution >= 4 is 17.0 Å². The Kier molecular flexibility index (Phi) is 2.74. The third kappa shape index (κ3) is 2.07. The second-order valence-electron chi connectivity index (χ2n) is 4.04. The van der Waals surface area contributed by atoms with Crippen molar-refractivity contribution in [2.24, 2.45) is 5.84 Å². The molecule has 0 spiro atoms. The van der Waals surface area contributed by atoms with Gasteiger partial charge in [-0.1, -0.05) is 12.1 Å². The first-order chi connectivity index (χ1) is 9.28. The van der Waals surface area contributed by atoms with Gasteiger partial charge in [-0.2, -0.15) is 0 Å². The normalized spacial score (nSPS) is 10.6. The quantitative estimate of drug-likeness (QED) is 0.416. The lowest BCUT2D eigenvalue weighted by Crippen LogP contribution is -2.29. The molecule has 5 heteroatoms. The summed E-state index contributed by atoms with van der Waals surface area (Å²) in [4.78, 5) is 15.7. The molecule has 0 bridgehead atoms. The van der Waals surface area contributed by atoms with E-state index in [0.717, 1.165) is 16.7 Å². The highest BCUT2D eigenvalue weighted by Crippen LogP contribution is 2.24. The highest BCUT2D eigenvalue weighted by atomic mass is 16.3. The fourth-order valence-corrected chi connectivity index (χ4v) is 1.84. The fraction of sp³-hybridized carbons (Fsp3) is 0. The van der Waals surface area contributed by atoms with E-state index in [-0.39, 0.29) is 5.91 Å². The number of nitrogen functional groups attached to an aromatic ring is 1. The number of carbonyl (C=O) groups is 1. The molecule has 3 N–H and O–H groups in total. The second kappa shape index (κ2) is 4.55. The lowest BCUT2D eigenvalue weighted by atomic mass is 10.1. The highest BCUT2D eigenvalue weighted by Gasteiger charge is 2.09. The number of nitrogens with one attached hydrogen (secondary N) is 1. The number of nitrogens with two attached hydrogens (primary N) is 1. The van der Waals surface area contributed by atoms with Crippen LogP contribution in [-0.4, -0.2) is 10.9 Å². The van der Waals surface area contributed by atoms with Crippen LogP contribution in [0, 0.1) is 0 Å². The Labute approximate surface area is 109 Å². The first-order valence-electron chi connectivity index (χ1n) is 5.75. The fourth-order valence-electron chi connectivity index (χ4n) is 1.84. The van der Waals surface area contributed by atoms with Crippen molar-refractivity contribution in [1.29, 1.82) is 0 Å². The van der Waals surface area contributed by atoms with Gasteiger partial charge in [0.25, 0.3) is 5.91 Å². The number of para-hydroxylation sites is 2. The standard InChI is InChI=1S/C14H11N3O2/c15-17-13(18)9-5-7-10(8-6-9)14-16-11-3-1-2-4-12(11)19-14/h1-8H,15H2,(H,17,18). The molecule has 1 heterocycles. The maximum atomic E-state index is 11.3. The smallest absolute Gasteiger partial charge is 0.265 e. The van der Waals surface area contributed by atoms with Gasteiger partial charge < -0.3 is 4.42 Å². The minimum Gasteiger partial charge on any atom is -0.436 e. The Morgan fingerprint density at radius 1 is 1.11 bits per heavy atom. The molecule has 1 amide bonds. The van der Waals surface area contributed by atoms with Crippen LogP contribution < -0.4 is 11.3 Å². The van der Waals surface area contributed by atoms with E-state index in [9.17, 15) is 4.79 Å². The topological polar surface area (TPSA) is 81.1 Å². The number of amides is 1. The van der Waals surface area contributed by atoms with E-state index in [1.165, 1.54) is 0 Å². The van der Waals surface area contributed by atoms with Crippen LogP contribution >= 0.6 is 0 Å². The number of rotatable bonds is 2. The summed E-state index contributed by atoms with van der Waals surface area (Å²) in [6.07, 6.45) is 0. The molecule has 0 unspecified atom stereocenters. The highest BCUT2D eigenvalue weighted by molar-refractivity contribution is 5.94. The van der Waals surface area contributed by atoms with E-state index in [1.807, 2.05) is 24.3 Å². The zero-order chi connectivity index (χ0) is 13.2. The molecule has 3 rings (SSSR count). The predicted octanol–water partition coefficient (Wildman–Crippen LogP) is 2.10. The molecule has 0 aliphatic rings. The van der Waals surface area contributed by atoms with E-state index < -0.39 is 0 Å². The summed E-state index contributed by atoms with van der Waals surface area (Å²) in [5.41, 5.74) is 4.93. The monoisotopic (exact) mass is 253 g/mol. The number of aromatic nitrogens is 1. The van der Waals surface area contributed by atoms with Crippen molar-refractivity contribution in [2.45, 2.75) is 0 Å².